The van der Waals surface area contributed by atoms with Gasteiger partial charge in [0.15, 0.2) is 11.9 Å². The van der Waals surface area contributed by atoms with E-state index in [1.165, 1.54) is 0 Å². The van der Waals surface area contributed by atoms with Crippen molar-refractivity contribution in [2.45, 2.75) is 19.2 Å². The van der Waals surface area contributed by atoms with Crippen molar-refractivity contribution in [3.63, 3.8) is 0 Å². The Bertz CT molecular complexity index is 587. The lowest BCUT2D eigenvalue weighted by molar-refractivity contribution is -0.189. The molecule has 0 aliphatic carbocycles. The quantitative estimate of drug-likeness (QED) is 0.940. The van der Waals surface area contributed by atoms with Gasteiger partial charge in [0.1, 0.15) is 5.82 Å². The fraction of sp³-hybridized carbons (Fsp3) is 0.231. The summed E-state index contributed by atoms with van der Waals surface area (Å²) in [7, 11) is 0. The van der Waals surface area contributed by atoms with Crippen molar-refractivity contribution in [2.75, 3.05) is 5.73 Å². The Morgan fingerprint density at radius 2 is 1.80 bits per heavy atom. The zero-order valence-corrected chi connectivity index (χ0v) is 10.6. The molecule has 0 radical (unpaired) electrons. The standard InChI is InChI=1S/C13H12F3N3O/c1-8(13(14,15)16)20-11-7-10(17)18-12(19-11)9-5-3-2-4-6-9/h2-8H,1H3,(H2,17,18,19). The highest BCUT2D eigenvalue weighted by molar-refractivity contribution is 5.57. The number of hydrogen-bond acceptors (Lipinski definition) is 4. The number of hydrogen-bond donors (Lipinski definition) is 1. The summed E-state index contributed by atoms with van der Waals surface area (Å²) in [6, 6.07) is 9.95. The van der Waals surface area contributed by atoms with Gasteiger partial charge < -0.3 is 10.5 Å². The summed E-state index contributed by atoms with van der Waals surface area (Å²) in [4.78, 5) is 7.92. The van der Waals surface area contributed by atoms with Crippen molar-refractivity contribution in [3.8, 4) is 17.3 Å². The molecule has 7 heteroatoms. The highest BCUT2D eigenvalue weighted by Gasteiger charge is 2.38. The van der Waals surface area contributed by atoms with Gasteiger partial charge in [-0.15, -0.1) is 0 Å². The first kappa shape index (κ1) is 14.1. The van der Waals surface area contributed by atoms with Crippen molar-refractivity contribution < 1.29 is 17.9 Å². The van der Waals surface area contributed by atoms with Crippen LogP contribution in [0.4, 0.5) is 19.0 Å². The van der Waals surface area contributed by atoms with Crippen LogP contribution in [-0.2, 0) is 0 Å². The minimum absolute atomic E-state index is 0.0447. The van der Waals surface area contributed by atoms with Gasteiger partial charge in [-0.05, 0) is 6.92 Å². The smallest absolute Gasteiger partial charge is 0.425 e. The molecule has 0 aliphatic rings. The van der Waals surface area contributed by atoms with Crippen LogP contribution in [0.5, 0.6) is 5.88 Å². The van der Waals surface area contributed by atoms with Crippen LogP contribution in [-0.4, -0.2) is 22.2 Å². The van der Waals surface area contributed by atoms with Crippen molar-refractivity contribution in [3.05, 3.63) is 36.4 Å². The minimum Gasteiger partial charge on any atom is -0.465 e. The van der Waals surface area contributed by atoms with E-state index < -0.39 is 12.3 Å². The molecule has 0 amide bonds. The molecular formula is C13H12F3N3O. The number of alkyl halides is 3. The van der Waals surface area contributed by atoms with E-state index in [9.17, 15) is 13.2 Å². The predicted molar refractivity (Wildman–Crippen MR) is 68.0 cm³/mol. The molecule has 0 saturated heterocycles. The first-order valence-electron chi connectivity index (χ1n) is 5.79. The van der Waals surface area contributed by atoms with Gasteiger partial charge in [0, 0.05) is 11.6 Å². The average Bonchev–Trinajstić information content (AvgIpc) is 2.38. The van der Waals surface area contributed by atoms with Gasteiger partial charge in [-0.2, -0.15) is 18.2 Å². The van der Waals surface area contributed by atoms with Crippen molar-refractivity contribution >= 4 is 5.82 Å². The van der Waals surface area contributed by atoms with Gasteiger partial charge in [0.2, 0.25) is 5.88 Å². The minimum atomic E-state index is -4.47. The Labute approximate surface area is 113 Å². The van der Waals surface area contributed by atoms with Gasteiger partial charge in [-0.1, -0.05) is 30.3 Å². The summed E-state index contributed by atoms with van der Waals surface area (Å²) in [6.45, 7) is 0.903. The Balaban J connectivity index is 2.30. The maximum atomic E-state index is 12.5. The molecule has 0 spiro atoms. The van der Waals surface area contributed by atoms with Crippen molar-refractivity contribution in [1.82, 2.24) is 9.97 Å². The lowest BCUT2D eigenvalue weighted by Gasteiger charge is -2.17. The van der Waals surface area contributed by atoms with Crippen LogP contribution < -0.4 is 10.5 Å². The summed E-state index contributed by atoms with van der Waals surface area (Å²) in [5.41, 5.74) is 6.21. The summed E-state index contributed by atoms with van der Waals surface area (Å²) in [5, 5.41) is 0. The first-order valence-corrected chi connectivity index (χ1v) is 5.79. The summed E-state index contributed by atoms with van der Waals surface area (Å²) >= 11 is 0. The molecular weight excluding hydrogens is 271 g/mol. The van der Waals surface area contributed by atoms with E-state index in [1.54, 1.807) is 30.3 Å². The van der Waals surface area contributed by atoms with Gasteiger partial charge in [-0.25, -0.2) is 4.98 Å². The molecule has 4 nitrogen and oxygen atoms in total. The molecule has 2 rings (SSSR count). The normalized spacial score (nSPS) is 13.0. The molecule has 1 aromatic heterocycles. The Kier molecular flexibility index (Phi) is 3.78. The molecule has 0 bridgehead atoms. The number of rotatable bonds is 3. The molecule has 1 unspecified atom stereocenters. The number of nitrogens with zero attached hydrogens (tertiary/aromatic N) is 2. The van der Waals surface area contributed by atoms with Gasteiger partial charge in [-0.3, -0.25) is 0 Å². The third-order valence-corrected chi connectivity index (χ3v) is 2.51. The van der Waals surface area contributed by atoms with Crippen LogP contribution >= 0.6 is 0 Å². The van der Waals surface area contributed by atoms with Crippen LogP contribution in [0.25, 0.3) is 11.4 Å². The van der Waals surface area contributed by atoms with Crippen LogP contribution in [0.1, 0.15) is 6.92 Å². The number of nitrogen functional groups attached to an aromatic ring is 1. The molecule has 0 fully saturated rings. The molecule has 106 valence electrons. The van der Waals surface area contributed by atoms with Crippen LogP contribution in [0.2, 0.25) is 0 Å². The van der Waals surface area contributed by atoms with E-state index in [1.807, 2.05) is 0 Å². The molecule has 0 aliphatic heterocycles. The third kappa shape index (κ3) is 3.37. The van der Waals surface area contributed by atoms with E-state index in [4.69, 9.17) is 10.5 Å². The van der Waals surface area contributed by atoms with Gasteiger partial charge in [0.25, 0.3) is 0 Å². The molecule has 1 aromatic carbocycles. The lowest BCUT2D eigenvalue weighted by atomic mass is 10.2. The topological polar surface area (TPSA) is 61.0 Å². The molecule has 1 atom stereocenters. The molecule has 2 N–H and O–H groups in total. The first-order chi connectivity index (χ1) is 9.36. The van der Waals surface area contributed by atoms with E-state index in [-0.39, 0.29) is 17.5 Å². The second-order valence-electron chi connectivity index (χ2n) is 4.12. The second kappa shape index (κ2) is 5.36. The number of anilines is 1. The molecule has 0 saturated carbocycles. The average molecular weight is 283 g/mol. The molecule has 2 aromatic rings. The summed E-state index contributed by atoms with van der Waals surface area (Å²) in [6.07, 6.45) is -6.44. The van der Waals surface area contributed by atoms with E-state index in [0.717, 1.165) is 13.0 Å². The number of ether oxygens (including phenoxy) is 1. The van der Waals surface area contributed by atoms with E-state index >= 15 is 0 Å². The number of aromatic nitrogens is 2. The molecule has 20 heavy (non-hydrogen) atoms. The maximum Gasteiger partial charge on any atom is 0.425 e. The summed E-state index contributed by atoms with van der Waals surface area (Å²) < 4.78 is 42.1. The zero-order valence-electron chi connectivity index (χ0n) is 10.6. The van der Waals surface area contributed by atoms with Crippen molar-refractivity contribution in [2.24, 2.45) is 0 Å². The Morgan fingerprint density at radius 1 is 1.15 bits per heavy atom. The maximum absolute atomic E-state index is 12.5. The van der Waals surface area contributed by atoms with Crippen LogP contribution in [0, 0.1) is 0 Å². The zero-order chi connectivity index (χ0) is 14.8. The second-order valence-corrected chi connectivity index (χ2v) is 4.12. The van der Waals surface area contributed by atoms with E-state index in [2.05, 4.69) is 9.97 Å². The highest BCUT2D eigenvalue weighted by Crippen LogP contribution is 2.26. The fourth-order valence-corrected chi connectivity index (χ4v) is 1.47. The van der Waals surface area contributed by atoms with Crippen molar-refractivity contribution in [1.29, 1.82) is 0 Å². The number of benzene rings is 1. The monoisotopic (exact) mass is 283 g/mol. The number of nitrogens with two attached hydrogens (primary N) is 1. The Morgan fingerprint density at radius 3 is 2.40 bits per heavy atom. The van der Waals surface area contributed by atoms with E-state index in [0.29, 0.717) is 5.56 Å². The van der Waals surface area contributed by atoms with Crippen LogP contribution in [0.15, 0.2) is 36.4 Å². The number of halogens is 3. The lowest BCUT2D eigenvalue weighted by Crippen LogP contribution is -2.31. The van der Waals surface area contributed by atoms with Crippen LogP contribution in [0.3, 0.4) is 0 Å². The SMILES string of the molecule is CC(Oc1cc(N)nc(-c2ccccc2)n1)C(F)(F)F. The molecule has 1 heterocycles. The largest absolute Gasteiger partial charge is 0.465 e. The van der Waals surface area contributed by atoms with Gasteiger partial charge in [0.05, 0.1) is 0 Å². The highest BCUT2D eigenvalue weighted by atomic mass is 19.4. The third-order valence-electron chi connectivity index (χ3n) is 2.51. The summed E-state index contributed by atoms with van der Waals surface area (Å²) in [5.74, 6) is 0.0550. The Hall–Kier alpha value is -2.31. The van der Waals surface area contributed by atoms with Gasteiger partial charge >= 0.3 is 6.18 Å². The fourth-order valence-electron chi connectivity index (χ4n) is 1.47. The predicted octanol–water partition coefficient (Wildman–Crippen LogP) is 3.06.